The molecule has 1 heterocycles. The minimum Gasteiger partial charge on any atom is -0.411 e. The maximum absolute atomic E-state index is 4.63. The van der Waals surface area contributed by atoms with Crippen LogP contribution in [-0.4, -0.2) is 0 Å². The number of nitrogens with zero attached hydrogens (tertiary/aromatic N) is 1. The van der Waals surface area contributed by atoms with Gasteiger partial charge in [-0.1, -0.05) is 0 Å². The molecule has 0 saturated carbocycles. The van der Waals surface area contributed by atoms with Crippen LogP contribution >= 0.6 is 20.6 Å². The van der Waals surface area contributed by atoms with Crippen molar-refractivity contribution in [1.82, 2.24) is 0 Å². The SMILES string of the molecule is C1=CP=NSO1. The van der Waals surface area contributed by atoms with Gasteiger partial charge >= 0.3 is 0 Å². The van der Waals surface area contributed by atoms with Crippen molar-refractivity contribution in [3.8, 4) is 0 Å². The summed E-state index contributed by atoms with van der Waals surface area (Å²) in [6.45, 7) is 0. The molecule has 0 bridgehead atoms. The zero-order valence-corrected chi connectivity index (χ0v) is 4.58. The van der Waals surface area contributed by atoms with Crippen LogP contribution in [0.1, 0.15) is 0 Å². The van der Waals surface area contributed by atoms with Crippen LogP contribution in [0.25, 0.3) is 0 Å². The third kappa shape index (κ3) is 0.994. The molecule has 0 aromatic heterocycles. The number of hydrogen-bond acceptors (Lipinski definition) is 3. The van der Waals surface area contributed by atoms with Gasteiger partial charge < -0.3 is 4.18 Å². The maximum atomic E-state index is 4.63. The number of rotatable bonds is 0. The van der Waals surface area contributed by atoms with E-state index in [0.29, 0.717) is 0 Å². The first-order valence-corrected chi connectivity index (χ1v) is 2.99. The zero-order chi connectivity index (χ0) is 4.24. The third-order valence-electron chi connectivity index (χ3n) is 0.307. The Morgan fingerprint density at radius 3 is 3.00 bits per heavy atom. The second-order valence-electron chi connectivity index (χ2n) is 0.653. The van der Waals surface area contributed by atoms with Gasteiger partial charge in [-0.2, -0.15) is 4.15 Å². The molecular formula is C2H2NOPS. The lowest BCUT2D eigenvalue weighted by Crippen LogP contribution is -1.57. The van der Waals surface area contributed by atoms with Crippen molar-refractivity contribution in [2.24, 2.45) is 4.15 Å². The van der Waals surface area contributed by atoms with Crippen LogP contribution in [0.2, 0.25) is 0 Å². The molecule has 1 aliphatic heterocycles. The van der Waals surface area contributed by atoms with Crippen LogP contribution in [0.3, 0.4) is 0 Å². The minimum atomic E-state index is 0.981. The molecule has 0 amide bonds. The molecule has 0 spiro atoms. The average molecular weight is 119 g/mol. The Morgan fingerprint density at radius 2 is 2.83 bits per heavy atom. The summed E-state index contributed by atoms with van der Waals surface area (Å²) in [6.07, 6.45) is 1.62. The lowest BCUT2D eigenvalue weighted by Gasteiger charge is -1.89. The fraction of sp³-hybridized carbons (Fsp3) is 0. The summed E-state index contributed by atoms with van der Waals surface area (Å²) in [5, 5.41) is 0. The predicted octanol–water partition coefficient (Wildman–Crippen LogP) is 2.18. The van der Waals surface area contributed by atoms with Crippen molar-refractivity contribution in [3.05, 3.63) is 12.1 Å². The highest BCUT2D eigenvalue weighted by Crippen LogP contribution is 2.19. The monoisotopic (exact) mass is 119 g/mol. The van der Waals surface area contributed by atoms with E-state index in [2.05, 4.69) is 8.33 Å². The molecule has 0 N–H and O–H groups in total. The second-order valence-corrected chi connectivity index (χ2v) is 2.18. The van der Waals surface area contributed by atoms with Crippen molar-refractivity contribution in [1.29, 1.82) is 0 Å². The molecular weight excluding hydrogens is 117 g/mol. The minimum absolute atomic E-state index is 0.981. The summed E-state index contributed by atoms with van der Waals surface area (Å²) < 4.78 is 8.39. The molecule has 0 aromatic rings. The van der Waals surface area contributed by atoms with Crippen LogP contribution in [-0.2, 0) is 4.18 Å². The topological polar surface area (TPSA) is 21.6 Å². The lowest BCUT2D eigenvalue weighted by molar-refractivity contribution is 0.567. The third-order valence-corrected chi connectivity index (χ3v) is 1.40. The summed E-state index contributed by atoms with van der Waals surface area (Å²) in [6, 6.07) is 0. The first-order valence-electron chi connectivity index (χ1n) is 1.38. The maximum Gasteiger partial charge on any atom is 0.205 e. The van der Waals surface area contributed by atoms with E-state index in [1.54, 1.807) is 6.26 Å². The van der Waals surface area contributed by atoms with Crippen molar-refractivity contribution >= 4 is 20.6 Å². The van der Waals surface area contributed by atoms with Gasteiger partial charge in [-0.25, -0.2) is 0 Å². The van der Waals surface area contributed by atoms with E-state index in [1.165, 1.54) is 0 Å². The summed E-state index contributed by atoms with van der Waals surface area (Å²) in [7, 11) is 0.981. The van der Waals surface area contributed by atoms with Gasteiger partial charge in [0.1, 0.15) is 6.26 Å². The van der Waals surface area contributed by atoms with E-state index >= 15 is 0 Å². The van der Waals surface area contributed by atoms with Crippen molar-refractivity contribution < 1.29 is 4.18 Å². The van der Waals surface area contributed by atoms with Gasteiger partial charge in [-0.05, 0) is 0 Å². The highest BCUT2D eigenvalue weighted by Gasteiger charge is 1.80. The van der Waals surface area contributed by atoms with Crippen molar-refractivity contribution in [3.63, 3.8) is 0 Å². The predicted molar refractivity (Wildman–Crippen MR) is 27.2 cm³/mol. The molecule has 2 nitrogen and oxygen atoms in total. The first kappa shape index (κ1) is 4.16. The van der Waals surface area contributed by atoms with Gasteiger partial charge in [0, 0.05) is 5.82 Å². The van der Waals surface area contributed by atoms with Crippen LogP contribution < -0.4 is 0 Å². The highest BCUT2D eigenvalue weighted by molar-refractivity contribution is 7.95. The second kappa shape index (κ2) is 2.21. The van der Waals surface area contributed by atoms with E-state index in [0.717, 1.165) is 20.6 Å². The Morgan fingerprint density at radius 1 is 1.83 bits per heavy atom. The molecule has 0 saturated heterocycles. The smallest absolute Gasteiger partial charge is 0.205 e. The normalized spacial score (nSPS) is 20.0. The van der Waals surface area contributed by atoms with Gasteiger partial charge in [0.05, 0.1) is 8.37 Å². The Balaban J connectivity index is 2.46. The molecule has 0 fully saturated rings. The zero-order valence-electron chi connectivity index (χ0n) is 2.87. The summed E-state index contributed by atoms with van der Waals surface area (Å²) in [4.78, 5) is 0. The fourth-order valence-electron chi connectivity index (χ4n) is 0.143. The Hall–Kier alpha value is -0.0100. The molecule has 0 aromatic carbocycles. The molecule has 6 heavy (non-hydrogen) atoms. The van der Waals surface area contributed by atoms with Gasteiger partial charge in [-0.3, -0.25) is 0 Å². The quantitative estimate of drug-likeness (QED) is 0.277. The van der Waals surface area contributed by atoms with Crippen molar-refractivity contribution in [2.75, 3.05) is 0 Å². The summed E-state index contributed by atoms with van der Waals surface area (Å²) >= 11 is 1.12. The number of hydrogen-bond donors (Lipinski definition) is 0. The molecule has 0 radical (unpaired) electrons. The molecule has 1 aliphatic rings. The van der Waals surface area contributed by atoms with E-state index in [9.17, 15) is 0 Å². The molecule has 1 rings (SSSR count). The lowest BCUT2D eigenvalue weighted by atomic mass is 11.2. The first-order chi connectivity index (χ1) is 3.00. The van der Waals surface area contributed by atoms with Gasteiger partial charge in [-0.15, -0.1) is 0 Å². The average Bonchev–Trinajstić information content (AvgIpc) is 1.72. The highest BCUT2D eigenvalue weighted by atomic mass is 32.2. The van der Waals surface area contributed by atoms with E-state index in [-0.39, 0.29) is 0 Å². The Labute approximate surface area is 41.8 Å². The summed E-state index contributed by atoms with van der Waals surface area (Å²) in [5.74, 6) is 1.83. The van der Waals surface area contributed by atoms with E-state index < -0.39 is 0 Å². The van der Waals surface area contributed by atoms with Gasteiger partial charge in [0.2, 0.25) is 12.2 Å². The molecule has 0 atom stereocenters. The largest absolute Gasteiger partial charge is 0.411 e. The van der Waals surface area contributed by atoms with Crippen LogP contribution in [0, 0.1) is 0 Å². The van der Waals surface area contributed by atoms with E-state index in [4.69, 9.17) is 0 Å². The Kier molecular flexibility index (Phi) is 1.53. The van der Waals surface area contributed by atoms with Crippen molar-refractivity contribution in [2.45, 2.75) is 0 Å². The van der Waals surface area contributed by atoms with Gasteiger partial charge in [0.25, 0.3) is 0 Å². The summed E-state index contributed by atoms with van der Waals surface area (Å²) in [5.41, 5.74) is 0. The van der Waals surface area contributed by atoms with Gasteiger partial charge in [0.15, 0.2) is 0 Å². The fourth-order valence-corrected chi connectivity index (χ4v) is 0.971. The van der Waals surface area contributed by atoms with Crippen LogP contribution in [0.5, 0.6) is 0 Å². The molecule has 4 heteroatoms. The van der Waals surface area contributed by atoms with E-state index in [1.807, 2.05) is 5.82 Å². The molecule has 32 valence electrons. The Bertz CT molecular complexity index is 79.5. The molecule has 0 aliphatic carbocycles. The van der Waals surface area contributed by atoms with Crippen LogP contribution in [0.4, 0.5) is 0 Å². The standard InChI is InChI=1S/C2H2NOPS/c1-2-5-3-6-4-1/h1-2H. The van der Waals surface area contributed by atoms with Crippen LogP contribution in [0.15, 0.2) is 16.2 Å². The molecule has 0 unspecified atom stereocenters.